The summed E-state index contributed by atoms with van der Waals surface area (Å²) in [5.41, 5.74) is 0. The van der Waals surface area contributed by atoms with E-state index in [1.165, 1.54) is 0 Å². The van der Waals surface area contributed by atoms with Gasteiger partial charge in [-0.2, -0.15) is 0 Å². The van der Waals surface area contributed by atoms with Crippen LogP contribution in [0.1, 0.15) is 20.8 Å². The summed E-state index contributed by atoms with van der Waals surface area (Å²) in [5.74, 6) is 0. The second kappa shape index (κ2) is 3.03. The summed E-state index contributed by atoms with van der Waals surface area (Å²) in [5, 5.41) is 3.65. The topological polar surface area (TPSA) is 21.3 Å². The van der Waals surface area contributed by atoms with Crippen molar-refractivity contribution in [3.05, 3.63) is 0 Å². The van der Waals surface area contributed by atoms with Gasteiger partial charge in [-0.1, -0.05) is 20.8 Å². The Kier molecular flexibility index (Phi) is 2.49. The van der Waals surface area contributed by atoms with Crippen LogP contribution in [0.2, 0.25) is 5.04 Å². The van der Waals surface area contributed by atoms with Crippen molar-refractivity contribution in [3.63, 3.8) is 0 Å². The largest absolute Gasteiger partial charge is 0.418 e. The lowest BCUT2D eigenvalue weighted by atomic mass is 10.2. The molecule has 60 valence electrons. The molecule has 1 aliphatic rings. The van der Waals surface area contributed by atoms with Gasteiger partial charge in [0.1, 0.15) is 0 Å². The summed E-state index contributed by atoms with van der Waals surface area (Å²) in [6.45, 7) is 8.91. The molecule has 1 heterocycles. The highest BCUT2D eigenvalue weighted by Gasteiger charge is 2.20. The third-order valence-corrected chi connectivity index (χ3v) is 3.00. The van der Waals surface area contributed by atoms with E-state index in [0.717, 1.165) is 13.1 Å². The minimum absolute atomic E-state index is 0.298. The molecule has 1 fully saturated rings. The monoisotopic (exact) mass is 159 g/mol. The van der Waals surface area contributed by atoms with Crippen LogP contribution in [0.5, 0.6) is 0 Å². The first-order chi connectivity index (χ1) is 4.58. The predicted octanol–water partition coefficient (Wildman–Crippen LogP) is 0.277. The third kappa shape index (κ3) is 2.81. The maximum absolute atomic E-state index is 5.72. The van der Waals surface area contributed by atoms with Crippen molar-refractivity contribution in [2.24, 2.45) is 0 Å². The molecule has 2 nitrogen and oxygen atoms in total. The SMILES string of the molecule is CC(C)(C)[SiH2]OC1CNC1. The van der Waals surface area contributed by atoms with E-state index >= 15 is 0 Å². The molecule has 0 aliphatic carbocycles. The van der Waals surface area contributed by atoms with Crippen LogP contribution in [0.3, 0.4) is 0 Å². The zero-order valence-corrected chi connectivity index (χ0v) is 8.52. The average Bonchev–Trinajstić information content (AvgIpc) is 1.56. The lowest BCUT2D eigenvalue weighted by Gasteiger charge is -2.30. The van der Waals surface area contributed by atoms with Gasteiger partial charge in [0.25, 0.3) is 0 Å². The van der Waals surface area contributed by atoms with E-state index in [-0.39, 0.29) is 9.76 Å². The van der Waals surface area contributed by atoms with Crippen LogP contribution in [0.15, 0.2) is 0 Å². The van der Waals surface area contributed by atoms with Crippen LogP contribution in [0.25, 0.3) is 0 Å². The highest BCUT2D eigenvalue weighted by molar-refractivity contribution is 6.31. The van der Waals surface area contributed by atoms with E-state index in [1.807, 2.05) is 0 Å². The molecule has 1 saturated heterocycles. The van der Waals surface area contributed by atoms with Gasteiger partial charge in [-0.25, -0.2) is 0 Å². The molecule has 3 heteroatoms. The van der Waals surface area contributed by atoms with Gasteiger partial charge in [-0.3, -0.25) is 0 Å². The van der Waals surface area contributed by atoms with Crippen molar-refractivity contribution in [2.75, 3.05) is 13.1 Å². The number of nitrogens with one attached hydrogen (secondary N) is 1. The number of hydrogen-bond acceptors (Lipinski definition) is 2. The van der Waals surface area contributed by atoms with Gasteiger partial charge in [-0.15, -0.1) is 0 Å². The molecule has 0 amide bonds. The highest BCUT2D eigenvalue weighted by atomic mass is 28.2. The van der Waals surface area contributed by atoms with Crippen LogP contribution in [0, 0.1) is 0 Å². The Balaban J connectivity index is 2.04. The average molecular weight is 159 g/mol. The smallest absolute Gasteiger partial charge is 0.167 e. The Hall–Kier alpha value is 0.137. The molecular formula is C7H17NOSi. The van der Waals surface area contributed by atoms with E-state index in [2.05, 4.69) is 26.1 Å². The quantitative estimate of drug-likeness (QED) is 0.584. The summed E-state index contributed by atoms with van der Waals surface area (Å²) >= 11 is 0. The van der Waals surface area contributed by atoms with Gasteiger partial charge >= 0.3 is 0 Å². The maximum atomic E-state index is 5.72. The van der Waals surface area contributed by atoms with Gasteiger partial charge in [0.2, 0.25) is 0 Å². The molecule has 0 unspecified atom stereocenters. The zero-order chi connectivity index (χ0) is 7.61. The first-order valence-corrected chi connectivity index (χ1v) is 5.19. The van der Waals surface area contributed by atoms with Crippen molar-refractivity contribution in [2.45, 2.75) is 31.9 Å². The zero-order valence-electron chi connectivity index (χ0n) is 7.11. The fourth-order valence-electron chi connectivity index (χ4n) is 0.748. The molecule has 0 aromatic carbocycles. The molecule has 0 spiro atoms. The highest BCUT2D eigenvalue weighted by Crippen LogP contribution is 2.20. The van der Waals surface area contributed by atoms with Gasteiger partial charge in [0.15, 0.2) is 9.76 Å². The second-order valence-corrected chi connectivity index (χ2v) is 6.90. The number of hydrogen-bond donors (Lipinski definition) is 1. The van der Waals surface area contributed by atoms with Crippen molar-refractivity contribution >= 4 is 9.76 Å². The normalized spacial score (nSPS) is 21.9. The molecule has 0 atom stereocenters. The van der Waals surface area contributed by atoms with E-state index in [1.54, 1.807) is 0 Å². The standard InChI is InChI=1S/C7H17NOSi/c1-7(2,3)10-9-6-4-8-5-6/h6,8H,4-5,10H2,1-3H3. The maximum Gasteiger partial charge on any atom is 0.167 e. The van der Waals surface area contributed by atoms with E-state index in [0.29, 0.717) is 11.1 Å². The van der Waals surface area contributed by atoms with Crippen LogP contribution in [-0.2, 0) is 4.43 Å². The lowest BCUT2D eigenvalue weighted by molar-refractivity contribution is 0.143. The Morgan fingerprint density at radius 2 is 2.00 bits per heavy atom. The van der Waals surface area contributed by atoms with E-state index in [9.17, 15) is 0 Å². The van der Waals surface area contributed by atoms with Crippen LogP contribution >= 0.6 is 0 Å². The summed E-state index contributed by atoms with van der Waals surface area (Å²) in [7, 11) is -0.298. The van der Waals surface area contributed by atoms with Gasteiger partial charge in [-0.05, 0) is 5.04 Å². The van der Waals surface area contributed by atoms with Crippen LogP contribution < -0.4 is 5.32 Å². The Morgan fingerprint density at radius 3 is 2.30 bits per heavy atom. The molecule has 1 aliphatic heterocycles. The Bertz CT molecular complexity index is 107. The Labute approximate surface area is 65.3 Å². The first kappa shape index (κ1) is 8.24. The fraction of sp³-hybridized carbons (Fsp3) is 1.00. The second-order valence-electron chi connectivity index (χ2n) is 4.15. The molecule has 0 radical (unpaired) electrons. The fourth-order valence-corrected chi connectivity index (χ4v) is 1.72. The Morgan fingerprint density at radius 1 is 1.40 bits per heavy atom. The predicted molar refractivity (Wildman–Crippen MR) is 46.0 cm³/mol. The van der Waals surface area contributed by atoms with Gasteiger partial charge in [0, 0.05) is 13.1 Å². The third-order valence-electron chi connectivity index (χ3n) is 1.50. The molecule has 1 N–H and O–H groups in total. The van der Waals surface area contributed by atoms with E-state index in [4.69, 9.17) is 4.43 Å². The summed E-state index contributed by atoms with van der Waals surface area (Å²) < 4.78 is 5.72. The van der Waals surface area contributed by atoms with Crippen molar-refractivity contribution < 1.29 is 4.43 Å². The van der Waals surface area contributed by atoms with Crippen molar-refractivity contribution in [3.8, 4) is 0 Å². The molecule has 0 aromatic rings. The first-order valence-electron chi connectivity index (χ1n) is 3.90. The molecule has 1 rings (SSSR count). The van der Waals surface area contributed by atoms with Gasteiger partial charge in [0.05, 0.1) is 6.10 Å². The molecule has 0 bridgehead atoms. The molecule has 0 aromatic heterocycles. The summed E-state index contributed by atoms with van der Waals surface area (Å²) in [4.78, 5) is 0. The molecule has 0 saturated carbocycles. The van der Waals surface area contributed by atoms with Crippen molar-refractivity contribution in [1.29, 1.82) is 0 Å². The van der Waals surface area contributed by atoms with E-state index < -0.39 is 0 Å². The van der Waals surface area contributed by atoms with Crippen LogP contribution in [-0.4, -0.2) is 29.0 Å². The lowest BCUT2D eigenvalue weighted by Crippen LogP contribution is -2.49. The number of rotatable bonds is 2. The van der Waals surface area contributed by atoms with Crippen molar-refractivity contribution in [1.82, 2.24) is 5.32 Å². The summed E-state index contributed by atoms with van der Waals surface area (Å²) in [6, 6.07) is 0. The molecule has 10 heavy (non-hydrogen) atoms. The minimum Gasteiger partial charge on any atom is -0.418 e. The van der Waals surface area contributed by atoms with Gasteiger partial charge < -0.3 is 9.74 Å². The minimum atomic E-state index is -0.298. The molecular weight excluding hydrogens is 142 g/mol. The van der Waals surface area contributed by atoms with Crippen LogP contribution in [0.4, 0.5) is 0 Å². The summed E-state index contributed by atoms with van der Waals surface area (Å²) in [6.07, 6.45) is 0.547.